The third kappa shape index (κ3) is 2.31. The topological polar surface area (TPSA) is 50.7 Å². The van der Waals surface area contributed by atoms with Crippen LogP contribution in [0.3, 0.4) is 0 Å². The zero-order valence-corrected chi connectivity index (χ0v) is 12.9. The average Bonchev–Trinajstić information content (AvgIpc) is 3.02. The Labute approximate surface area is 128 Å². The summed E-state index contributed by atoms with van der Waals surface area (Å²) in [7, 11) is 0. The van der Waals surface area contributed by atoms with E-state index in [-0.39, 0.29) is 15.0 Å². The van der Waals surface area contributed by atoms with Gasteiger partial charge in [0.15, 0.2) is 0 Å². The van der Waals surface area contributed by atoms with Crippen molar-refractivity contribution < 1.29 is 0 Å². The number of nitrogens with zero attached hydrogens (tertiary/aromatic N) is 3. The quantitative estimate of drug-likeness (QED) is 0.583. The summed E-state index contributed by atoms with van der Waals surface area (Å²) in [5.41, 5.74) is 4.32. The van der Waals surface area contributed by atoms with Crippen LogP contribution >= 0.6 is 0 Å². The van der Waals surface area contributed by atoms with Crippen molar-refractivity contribution in [3.8, 4) is 0 Å². The Bertz CT molecular complexity index is 911. The maximum absolute atomic E-state index is 4.50. The summed E-state index contributed by atoms with van der Waals surface area (Å²) in [6.07, 6.45) is 3.73. The van der Waals surface area contributed by atoms with Gasteiger partial charge >= 0.3 is 128 Å². The molecule has 2 aromatic carbocycles. The van der Waals surface area contributed by atoms with E-state index in [1.807, 2.05) is 24.5 Å². The second-order valence-electron chi connectivity index (χ2n) is 4.81. The standard InChI is InChI=1S/C16H12N4Se/c1-3-11-9-17-8-7-13(11)12(4-1)10-18-14-5-2-6-15-16(14)20-21-19-15/h1-9,18H,10H2. The fourth-order valence-electron chi connectivity index (χ4n) is 2.48. The molecule has 0 spiro atoms. The first-order valence-corrected chi connectivity index (χ1v) is 8.22. The Kier molecular flexibility index (Phi) is 3.14. The van der Waals surface area contributed by atoms with Gasteiger partial charge in [-0.25, -0.2) is 0 Å². The Balaban J connectivity index is 1.68. The zero-order chi connectivity index (χ0) is 14.1. The van der Waals surface area contributed by atoms with E-state index in [0.717, 1.165) is 28.7 Å². The molecule has 1 N–H and O–H groups in total. The number of fused-ring (bicyclic) bond motifs is 2. The number of hydrogen-bond donors (Lipinski definition) is 1. The number of aromatic nitrogens is 3. The van der Waals surface area contributed by atoms with E-state index in [1.165, 1.54) is 10.9 Å². The van der Waals surface area contributed by atoms with Crippen molar-refractivity contribution in [2.75, 3.05) is 5.32 Å². The molecule has 2 aromatic heterocycles. The molecular weight excluding hydrogens is 327 g/mol. The Morgan fingerprint density at radius 1 is 1.00 bits per heavy atom. The molecule has 4 nitrogen and oxygen atoms in total. The Morgan fingerprint density at radius 3 is 2.95 bits per heavy atom. The van der Waals surface area contributed by atoms with Crippen molar-refractivity contribution in [2.24, 2.45) is 0 Å². The summed E-state index contributed by atoms with van der Waals surface area (Å²) in [5, 5.41) is 5.89. The van der Waals surface area contributed by atoms with Gasteiger partial charge in [0.05, 0.1) is 0 Å². The van der Waals surface area contributed by atoms with Crippen LogP contribution in [0, 0.1) is 0 Å². The molecule has 4 rings (SSSR count). The minimum absolute atomic E-state index is 0.00519. The van der Waals surface area contributed by atoms with Crippen molar-refractivity contribution in [1.29, 1.82) is 0 Å². The van der Waals surface area contributed by atoms with E-state index in [0.29, 0.717) is 0 Å². The SMILES string of the molecule is c1cc(CNc2cccc3n[se]nc23)c2ccncc2c1. The number of anilines is 1. The van der Waals surface area contributed by atoms with Gasteiger partial charge in [0.1, 0.15) is 0 Å². The molecule has 2 heterocycles. The molecule has 0 aliphatic carbocycles. The Hall–Kier alpha value is -2.23. The van der Waals surface area contributed by atoms with Gasteiger partial charge in [-0.1, -0.05) is 0 Å². The summed E-state index contributed by atoms with van der Waals surface area (Å²) in [6.45, 7) is 0.764. The van der Waals surface area contributed by atoms with Gasteiger partial charge in [0, 0.05) is 0 Å². The summed E-state index contributed by atoms with van der Waals surface area (Å²) >= 11 is 0.00519. The number of hydrogen-bond acceptors (Lipinski definition) is 4. The van der Waals surface area contributed by atoms with Gasteiger partial charge in [0.2, 0.25) is 0 Å². The molecule has 0 atom stereocenters. The van der Waals surface area contributed by atoms with E-state index >= 15 is 0 Å². The third-order valence-corrected chi connectivity index (χ3v) is 4.66. The molecule has 0 amide bonds. The molecule has 5 heteroatoms. The van der Waals surface area contributed by atoms with Crippen molar-refractivity contribution >= 4 is 42.5 Å². The van der Waals surface area contributed by atoms with Crippen LogP contribution in [0.25, 0.3) is 21.8 Å². The zero-order valence-electron chi connectivity index (χ0n) is 11.2. The molecule has 21 heavy (non-hydrogen) atoms. The average molecular weight is 339 g/mol. The van der Waals surface area contributed by atoms with Crippen LogP contribution in [0.5, 0.6) is 0 Å². The summed E-state index contributed by atoms with van der Waals surface area (Å²) in [4.78, 5) is 4.17. The predicted octanol–water partition coefficient (Wildman–Crippen LogP) is 2.85. The molecule has 0 radical (unpaired) electrons. The van der Waals surface area contributed by atoms with Crippen LogP contribution in [-0.4, -0.2) is 27.9 Å². The number of benzene rings is 2. The van der Waals surface area contributed by atoms with E-state index in [9.17, 15) is 0 Å². The molecule has 102 valence electrons. The molecule has 0 unspecified atom stereocenters. The van der Waals surface area contributed by atoms with Crippen LogP contribution in [0.1, 0.15) is 5.56 Å². The minimum atomic E-state index is 0.00519. The summed E-state index contributed by atoms with van der Waals surface area (Å²) < 4.78 is 8.91. The third-order valence-electron chi connectivity index (χ3n) is 3.53. The number of nitrogens with one attached hydrogen (secondary N) is 1. The number of rotatable bonds is 3. The van der Waals surface area contributed by atoms with Crippen LogP contribution in [0.4, 0.5) is 5.69 Å². The van der Waals surface area contributed by atoms with Crippen LogP contribution in [0.15, 0.2) is 54.9 Å². The fourth-order valence-corrected chi connectivity index (χ4v) is 3.64. The van der Waals surface area contributed by atoms with Crippen molar-refractivity contribution in [3.63, 3.8) is 0 Å². The van der Waals surface area contributed by atoms with E-state index < -0.39 is 0 Å². The molecule has 0 saturated heterocycles. The molecular formula is C16H12N4Se. The molecule has 0 aliphatic heterocycles. The van der Waals surface area contributed by atoms with Crippen LogP contribution in [-0.2, 0) is 6.54 Å². The van der Waals surface area contributed by atoms with E-state index in [4.69, 9.17) is 0 Å². The second-order valence-corrected chi connectivity index (χ2v) is 5.91. The maximum atomic E-state index is 4.50. The first-order valence-electron chi connectivity index (χ1n) is 6.68. The monoisotopic (exact) mass is 340 g/mol. The van der Waals surface area contributed by atoms with Crippen molar-refractivity contribution in [2.45, 2.75) is 6.54 Å². The van der Waals surface area contributed by atoms with Crippen molar-refractivity contribution in [3.05, 3.63) is 60.4 Å². The van der Waals surface area contributed by atoms with Crippen LogP contribution in [0.2, 0.25) is 0 Å². The first-order chi connectivity index (χ1) is 10.4. The van der Waals surface area contributed by atoms with Gasteiger partial charge in [-0.15, -0.1) is 0 Å². The van der Waals surface area contributed by atoms with Gasteiger partial charge in [-0.2, -0.15) is 0 Å². The molecule has 0 bridgehead atoms. The van der Waals surface area contributed by atoms with Gasteiger partial charge in [-0.05, 0) is 0 Å². The summed E-state index contributed by atoms with van der Waals surface area (Å²) in [5.74, 6) is 0. The van der Waals surface area contributed by atoms with Gasteiger partial charge < -0.3 is 0 Å². The van der Waals surface area contributed by atoms with Crippen LogP contribution < -0.4 is 5.32 Å². The first kappa shape index (κ1) is 12.5. The second kappa shape index (κ2) is 5.28. The molecule has 0 fully saturated rings. The van der Waals surface area contributed by atoms with Gasteiger partial charge in [-0.3, -0.25) is 0 Å². The Morgan fingerprint density at radius 2 is 1.95 bits per heavy atom. The molecule has 0 aliphatic rings. The number of pyridine rings is 1. The van der Waals surface area contributed by atoms with E-state index in [2.05, 4.69) is 48.6 Å². The predicted molar refractivity (Wildman–Crippen MR) is 85.5 cm³/mol. The normalized spacial score (nSPS) is 11.0. The van der Waals surface area contributed by atoms with Gasteiger partial charge in [0.25, 0.3) is 0 Å². The molecule has 4 aromatic rings. The van der Waals surface area contributed by atoms with Crippen molar-refractivity contribution in [1.82, 2.24) is 12.9 Å². The molecule has 0 saturated carbocycles. The summed E-state index contributed by atoms with van der Waals surface area (Å²) in [6, 6.07) is 14.5. The van der Waals surface area contributed by atoms with E-state index in [1.54, 1.807) is 0 Å². The fraction of sp³-hybridized carbons (Fsp3) is 0.0625.